The fraction of sp³-hybridized carbons (Fsp3) is 0.0163. The summed E-state index contributed by atoms with van der Waals surface area (Å²) in [4.78, 5) is 44.9. The Balaban J connectivity index is 0.000000108. The molecule has 1 aliphatic carbocycles. The number of ether oxygens (including phenoxy) is 3. The number of hydrogen-bond donors (Lipinski definition) is 0. The highest BCUT2D eigenvalue weighted by atomic mass is 16.5. The highest BCUT2D eigenvalue weighted by Gasteiger charge is 2.27. The molecule has 6 aromatic heterocycles. The first-order chi connectivity index (χ1) is 66.8. The van der Waals surface area contributed by atoms with Crippen LogP contribution in [0.25, 0.3) is 228 Å². The van der Waals surface area contributed by atoms with Crippen molar-refractivity contribution >= 4 is 70.3 Å². The van der Waals surface area contributed by atoms with E-state index in [9.17, 15) is 0 Å². The topological polar surface area (TPSA) is 144 Å². The normalized spacial score (nSPS) is 12.3. The van der Waals surface area contributed by atoms with Crippen molar-refractivity contribution in [2.24, 2.45) is 0 Å². The lowest BCUT2D eigenvalue weighted by Crippen LogP contribution is -1.99. The molecule has 0 atom stereocenters. The van der Waals surface area contributed by atoms with Crippen LogP contribution in [0.4, 0.5) is 0 Å². The van der Waals surface area contributed by atoms with Crippen LogP contribution in [-0.4, -0.2) is 44.9 Å². The van der Waals surface area contributed by atoms with Crippen molar-refractivity contribution in [1.29, 1.82) is 0 Å². The number of allylic oxidation sites excluding steroid dienone is 4. The van der Waals surface area contributed by atoms with Crippen molar-refractivity contribution in [2.75, 3.05) is 0 Å². The summed E-state index contributed by atoms with van der Waals surface area (Å²) in [5.74, 6) is 7.39. The molecule has 3 aliphatic heterocycles. The molecule has 632 valence electrons. The molecule has 23 aromatic rings. The second-order valence-electron chi connectivity index (χ2n) is 34.1. The predicted molar refractivity (Wildman–Crippen MR) is 547 cm³/mol. The number of rotatable bonds is 12. The Morgan fingerprint density at radius 3 is 1.05 bits per heavy atom. The van der Waals surface area contributed by atoms with E-state index in [2.05, 4.69) is 297 Å². The third-order valence-electron chi connectivity index (χ3n) is 25.8. The highest BCUT2D eigenvalue weighted by molar-refractivity contribution is 6.13. The van der Waals surface area contributed by atoms with E-state index in [-0.39, 0.29) is 0 Å². The van der Waals surface area contributed by atoms with Gasteiger partial charge in [-0.3, -0.25) is 15.0 Å². The first kappa shape index (κ1) is 79.1. The van der Waals surface area contributed by atoms with Crippen molar-refractivity contribution in [1.82, 2.24) is 44.9 Å². The molecule has 0 bridgehead atoms. The van der Waals surface area contributed by atoms with Gasteiger partial charge in [-0.05, 0) is 177 Å². The Kier molecular flexibility index (Phi) is 19.8. The van der Waals surface area contributed by atoms with Gasteiger partial charge >= 0.3 is 0 Å². The number of aromatic nitrogens is 9. The standard InChI is InChI=1S/C41H27N3O.2C41H25N3O/c1-3-10-26(11-4-1)35-24-36(27-12-5-2-6-13-27)44-41(43-35)29-19-18-28-23-37(42-25-30(28)22-29)31-20-21-39-40-33(31)15-9-16-34(40)32-14-7-8-17-38(32)45-39;1-3-10-26(11-4-1)35-24-36(44-41(43-35)27-12-5-2-6-13-27)28-18-19-29-25-42-37(23-30(29)22-28)31-20-21-39-40-33(31)15-9-16-34(40)32-14-7-8-17-38(32)45-39;1-3-10-26(11-4-1)36-24-37(27-12-5-2-6-13-27)44-41(43-36)29-19-18-28-22-30(25-42-35(28)23-29)31-20-21-39-40-33(31)15-9-16-34(40)32-14-7-8-17-38(32)45-39/h1,3-5,7-25H,2,6H2;2*1-25H. The average molecular weight is 1730 g/mol. The number of para-hydroxylation sites is 3. The van der Waals surface area contributed by atoms with E-state index in [1.165, 1.54) is 16.7 Å². The van der Waals surface area contributed by atoms with Gasteiger partial charge < -0.3 is 14.2 Å². The minimum atomic E-state index is 0.673. The van der Waals surface area contributed by atoms with Crippen molar-refractivity contribution in [2.45, 2.75) is 12.8 Å². The Labute approximate surface area is 778 Å². The van der Waals surface area contributed by atoms with Gasteiger partial charge in [0.25, 0.3) is 0 Å². The summed E-state index contributed by atoms with van der Waals surface area (Å²) in [6.45, 7) is 0. The summed E-state index contributed by atoms with van der Waals surface area (Å²) < 4.78 is 18.9. The van der Waals surface area contributed by atoms with Crippen LogP contribution >= 0.6 is 0 Å². The van der Waals surface area contributed by atoms with E-state index >= 15 is 0 Å². The van der Waals surface area contributed by atoms with Crippen molar-refractivity contribution in [3.05, 3.63) is 449 Å². The lowest BCUT2D eigenvalue weighted by molar-refractivity contribution is 0.487. The van der Waals surface area contributed by atoms with Gasteiger partial charge in [-0.1, -0.05) is 315 Å². The minimum Gasteiger partial charge on any atom is -0.456 e. The van der Waals surface area contributed by atoms with Gasteiger partial charge in [-0.2, -0.15) is 0 Å². The summed E-state index contributed by atoms with van der Waals surface area (Å²) in [6, 6.07) is 140. The molecule has 12 heteroatoms. The molecule has 17 aromatic carbocycles. The molecule has 12 nitrogen and oxygen atoms in total. The number of benzene rings is 17. The van der Waals surface area contributed by atoms with Crippen LogP contribution in [0.2, 0.25) is 0 Å². The summed E-state index contributed by atoms with van der Waals surface area (Å²) in [6.07, 6.45) is 14.6. The van der Waals surface area contributed by atoms with Gasteiger partial charge in [0.2, 0.25) is 0 Å². The monoisotopic (exact) mass is 1730 g/mol. The molecule has 135 heavy (non-hydrogen) atoms. The van der Waals surface area contributed by atoms with E-state index in [1.54, 1.807) is 0 Å². The molecule has 0 unspecified atom stereocenters. The van der Waals surface area contributed by atoms with Crippen LogP contribution in [0.1, 0.15) is 18.5 Å². The zero-order valence-electron chi connectivity index (χ0n) is 72.8. The molecule has 0 spiro atoms. The summed E-state index contributed by atoms with van der Waals surface area (Å²) >= 11 is 0. The fourth-order valence-corrected chi connectivity index (χ4v) is 19.2. The number of fused-ring (bicyclic) bond motifs is 9. The van der Waals surface area contributed by atoms with Gasteiger partial charge in [-0.25, -0.2) is 29.9 Å². The van der Waals surface area contributed by atoms with Gasteiger partial charge in [0.1, 0.15) is 34.5 Å². The Bertz CT molecular complexity index is 8660. The quantitative estimate of drug-likeness (QED) is 0.115. The molecule has 27 rings (SSSR count). The van der Waals surface area contributed by atoms with Crippen molar-refractivity contribution in [3.8, 4) is 192 Å². The Morgan fingerprint density at radius 1 is 0.193 bits per heavy atom. The minimum absolute atomic E-state index is 0.673. The van der Waals surface area contributed by atoms with E-state index in [0.717, 1.165) is 247 Å². The smallest absolute Gasteiger partial charge is 0.160 e. The lowest BCUT2D eigenvalue weighted by atomic mass is 9.90. The third kappa shape index (κ3) is 14.9. The third-order valence-corrected chi connectivity index (χ3v) is 25.8. The van der Waals surface area contributed by atoms with E-state index in [0.29, 0.717) is 17.5 Å². The second-order valence-corrected chi connectivity index (χ2v) is 34.1. The number of pyridine rings is 3. The number of nitrogens with zero attached hydrogens (tertiary/aromatic N) is 9. The molecule has 0 fully saturated rings. The van der Waals surface area contributed by atoms with Crippen molar-refractivity contribution < 1.29 is 14.2 Å². The number of hydrogen-bond acceptors (Lipinski definition) is 12. The molecular weight excluding hydrogens is 1650 g/mol. The van der Waals surface area contributed by atoms with Gasteiger partial charge in [0.15, 0.2) is 17.5 Å². The molecular formula is C123H77N9O3. The average Bonchev–Trinajstić information content (AvgIpc) is 0.743. The molecule has 4 aliphatic rings. The maximum atomic E-state index is 6.33. The fourth-order valence-electron chi connectivity index (χ4n) is 19.2. The zero-order chi connectivity index (χ0) is 89.2. The van der Waals surface area contributed by atoms with Crippen LogP contribution in [0.5, 0.6) is 34.5 Å². The largest absolute Gasteiger partial charge is 0.456 e. The van der Waals surface area contributed by atoms with Crippen LogP contribution in [0.15, 0.2) is 443 Å². The van der Waals surface area contributed by atoms with Gasteiger partial charge in [0.05, 0.1) is 51.1 Å². The molecule has 0 N–H and O–H groups in total. The maximum absolute atomic E-state index is 6.33. The Hall–Kier alpha value is -18.1. The molecule has 0 saturated carbocycles. The predicted octanol–water partition coefficient (Wildman–Crippen LogP) is 31.9. The van der Waals surface area contributed by atoms with Crippen molar-refractivity contribution in [3.63, 3.8) is 0 Å². The van der Waals surface area contributed by atoms with Gasteiger partial charge in [-0.15, -0.1) is 0 Å². The van der Waals surface area contributed by atoms with Crippen LogP contribution in [-0.2, 0) is 0 Å². The summed E-state index contributed by atoms with van der Waals surface area (Å²) in [5.41, 5.74) is 28.7. The summed E-state index contributed by atoms with van der Waals surface area (Å²) in [5, 5.41) is 12.2. The highest BCUT2D eigenvalue weighted by Crippen LogP contribution is 2.53. The first-order valence-corrected chi connectivity index (χ1v) is 45.4. The summed E-state index contributed by atoms with van der Waals surface area (Å²) in [7, 11) is 0. The van der Waals surface area contributed by atoms with E-state index < -0.39 is 0 Å². The van der Waals surface area contributed by atoms with Crippen LogP contribution in [0, 0.1) is 0 Å². The maximum Gasteiger partial charge on any atom is 0.160 e. The molecule has 0 amide bonds. The zero-order valence-corrected chi connectivity index (χ0v) is 72.8. The second kappa shape index (κ2) is 33.7. The first-order valence-electron chi connectivity index (χ1n) is 45.4. The molecule has 0 saturated heterocycles. The van der Waals surface area contributed by atoms with Crippen LogP contribution < -0.4 is 14.2 Å². The molecule has 9 heterocycles. The SMILES string of the molecule is C1=CC(c2cc(-c3ccccc3)nc(-c3ccc4cc(-c5ccc6c7c(cccc57)-c5ccccc5O6)ncc4c3)n2)=CCC1.c1ccc(-c2cc(-c3ccc4cnc(-c5ccc6c7c(cccc57)-c5ccccc5O6)cc4c3)nc(-c3ccccc3)n2)cc1.c1ccc(-c2cc(-c3ccccc3)nc(-c3ccc4cc(-c5ccc6c7c(cccc57)-c5ccccc5O6)cnc4c3)n2)cc1. The lowest BCUT2D eigenvalue weighted by Gasteiger charge is -2.22. The van der Waals surface area contributed by atoms with Gasteiger partial charge in [0, 0.05) is 129 Å². The van der Waals surface area contributed by atoms with E-state index in [1.807, 2.05) is 146 Å². The van der Waals surface area contributed by atoms with E-state index in [4.69, 9.17) is 59.1 Å². The Morgan fingerprint density at radius 2 is 0.563 bits per heavy atom. The van der Waals surface area contributed by atoms with Crippen LogP contribution in [0.3, 0.4) is 0 Å². The molecule has 0 radical (unpaired) electrons.